The van der Waals surface area contributed by atoms with Crippen molar-refractivity contribution in [2.24, 2.45) is 5.73 Å². The van der Waals surface area contributed by atoms with Gasteiger partial charge in [-0.25, -0.2) is 0 Å². The van der Waals surface area contributed by atoms with Gasteiger partial charge in [0.25, 0.3) is 0 Å². The molecule has 1 atom stereocenters. The third-order valence-electron chi connectivity index (χ3n) is 2.77. The molecular weight excluding hydrogens is 208 g/mol. The van der Waals surface area contributed by atoms with E-state index in [0.717, 1.165) is 25.9 Å². The first-order valence-electron chi connectivity index (χ1n) is 5.33. The van der Waals surface area contributed by atoms with Gasteiger partial charge in [-0.2, -0.15) is 11.3 Å². The Morgan fingerprint density at radius 1 is 1.53 bits per heavy atom. The first kappa shape index (κ1) is 10.6. The second kappa shape index (κ2) is 4.77. The molecule has 1 saturated heterocycles. The van der Waals surface area contributed by atoms with Crippen molar-refractivity contribution in [3.63, 3.8) is 0 Å². The number of carbonyl (C=O) groups excluding carboxylic acids is 1. The van der Waals surface area contributed by atoms with Crippen molar-refractivity contribution in [3.05, 3.63) is 22.4 Å². The first-order chi connectivity index (χ1) is 7.27. The Kier molecular flexibility index (Phi) is 3.38. The maximum absolute atomic E-state index is 11.9. The van der Waals surface area contributed by atoms with E-state index in [0.29, 0.717) is 6.42 Å². The largest absolute Gasteiger partial charge is 0.341 e. The molecule has 0 aromatic carbocycles. The SMILES string of the molecule is NC(Cc1ccsc1)C(=O)N1CCCC1. The molecule has 1 aromatic heterocycles. The molecule has 0 bridgehead atoms. The van der Waals surface area contributed by atoms with E-state index in [4.69, 9.17) is 5.73 Å². The fourth-order valence-electron chi connectivity index (χ4n) is 1.92. The second-order valence-corrected chi connectivity index (χ2v) is 4.75. The molecule has 15 heavy (non-hydrogen) atoms. The Balaban J connectivity index is 1.89. The van der Waals surface area contributed by atoms with Crippen LogP contribution in [-0.4, -0.2) is 29.9 Å². The molecule has 2 heterocycles. The van der Waals surface area contributed by atoms with Gasteiger partial charge in [-0.3, -0.25) is 4.79 Å². The molecule has 1 amide bonds. The van der Waals surface area contributed by atoms with E-state index in [1.165, 1.54) is 5.56 Å². The highest BCUT2D eigenvalue weighted by Gasteiger charge is 2.23. The predicted molar refractivity (Wildman–Crippen MR) is 61.8 cm³/mol. The number of nitrogens with zero attached hydrogens (tertiary/aromatic N) is 1. The molecule has 4 heteroatoms. The van der Waals surface area contributed by atoms with Crippen LogP contribution in [0.4, 0.5) is 0 Å². The fourth-order valence-corrected chi connectivity index (χ4v) is 2.60. The van der Waals surface area contributed by atoms with Gasteiger partial charge in [0.1, 0.15) is 0 Å². The molecule has 0 radical (unpaired) electrons. The van der Waals surface area contributed by atoms with Gasteiger partial charge in [-0.15, -0.1) is 0 Å². The number of carbonyl (C=O) groups is 1. The van der Waals surface area contributed by atoms with E-state index in [2.05, 4.69) is 5.38 Å². The third-order valence-corrected chi connectivity index (χ3v) is 3.50. The van der Waals surface area contributed by atoms with Gasteiger partial charge in [-0.05, 0) is 41.7 Å². The van der Waals surface area contributed by atoms with Gasteiger partial charge in [0.05, 0.1) is 6.04 Å². The Labute approximate surface area is 93.9 Å². The van der Waals surface area contributed by atoms with Crippen molar-refractivity contribution >= 4 is 17.2 Å². The molecule has 1 fully saturated rings. The highest BCUT2D eigenvalue weighted by molar-refractivity contribution is 7.07. The summed E-state index contributed by atoms with van der Waals surface area (Å²) in [6, 6.07) is 1.67. The van der Waals surface area contributed by atoms with Crippen molar-refractivity contribution in [1.82, 2.24) is 4.90 Å². The summed E-state index contributed by atoms with van der Waals surface area (Å²) in [5, 5.41) is 4.07. The van der Waals surface area contributed by atoms with Crippen molar-refractivity contribution in [2.45, 2.75) is 25.3 Å². The van der Waals surface area contributed by atoms with Crippen LogP contribution in [0.25, 0.3) is 0 Å². The summed E-state index contributed by atoms with van der Waals surface area (Å²) in [6.07, 6.45) is 2.91. The third kappa shape index (κ3) is 2.58. The zero-order chi connectivity index (χ0) is 10.7. The fraction of sp³-hybridized carbons (Fsp3) is 0.545. The normalized spacial score (nSPS) is 18.1. The summed E-state index contributed by atoms with van der Waals surface area (Å²) in [6.45, 7) is 1.77. The summed E-state index contributed by atoms with van der Waals surface area (Å²) in [7, 11) is 0. The molecule has 82 valence electrons. The molecule has 2 rings (SSSR count). The summed E-state index contributed by atoms with van der Waals surface area (Å²) in [5.74, 6) is 0.110. The molecule has 1 aliphatic heterocycles. The van der Waals surface area contributed by atoms with Crippen molar-refractivity contribution in [2.75, 3.05) is 13.1 Å². The minimum absolute atomic E-state index is 0.110. The van der Waals surface area contributed by atoms with Crippen LogP contribution >= 0.6 is 11.3 Å². The van der Waals surface area contributed by atoms with Crippen LogP contribution in [0.15, 0.2) is 16.8 Å². The Morgan fingerprint density at radius 2 is 2.27 bits per heavy atom. The molecule has 0 saturated carbocycles. The number of nitrogens with two attached hydrogens (primary N) is 1. The molecule has 1 aliphatic rings. The molecule has 1 aromatic rings. The quantitative estimate of drug-likeness (QED) is 0.839. The Bertz CT molecular complexity index is 317. The summed E-state index contributed by atoms with van der Waals surface area (Å²) in [5.41, 5.74) is 7.07. The van der Waals surface area contributed by atoms with E-state index in [1.807, 2.05) is 16.3 Å². The smallest absolute Gasteiger partial charge is 0.239 e. The lowest BCUT2D eigenvalue weighted by Crippen LogP contribution is -2.43. The molecule has 3 nitrogen and oxygen atoms in total. The van der Waals surface area contributed by atoms with Crippen molar-refractivity contribution in [1.29, 1.82) is 0 Å². The van der Waals surface area contributed by atoms with Crippen LogP contribution in [-0.2, 0) is 11.2 Å². The number of hydrogen-bond donors (Lipinski definition) is 1. The second-order valence-electron chi connectivity index (χ2n) is 3.97. The van der Waals surface area contributed by atoms with E-state index in [9.17, 15) is 4.79 Å². The van der Waals surface area contributed by atoms with Crippen molar-refractivity contribution < 1.29 is 4.79 Å². The summed E-state index contributed by atoms with van der Waals surface area (Å²) in [4.78, 5) is 13.8. The minimum atomic E-state index is -0.363. The minimum Gasteiger partial charge on any atom is -0.341 e. The lowest BCUT2D eigenvalue weighted by molar-refractivity contribution is -0.131. The molecule has 1 unspecified atom stereocenters. The summed E-state index contributed by atoms with van der Waals surface area (Å²) >= 11 is 1.65. The molecule has 2 N–H and O–H groups in total. The average molecular weight is 224 g/mol. The van der Waals surface area contributed by atoms with E-state index in [1.54, 1.807) is 11.3 Å². The maximum Gasteiger partial charge on any atom is 0.239 e. The van der Waals surface area contributed by atoms with Crippen LogP contribution in [0.2, 0.25) is 0 Å². The average Bonchev–Trinajstić information content (AvgIpc) is 2.88. The van der Waals surface area contributed by atoms with Crippen LogP contribution in [0.1, 0.15) is 18.4 Å². The maximum atomic E-state index is 11.9. The molecule has 0 aliphatic carbocycles. The van der Waals surface area contributed by atoms with Gasteiger partial charge < -0.3 is 10.6 Å². The van der Waals surface area contributed by atoms with Gasteiger partial charge in [-0.1, -0.05) is 0 Å². The first-order valence-corrected chi connectivity index (χ1v) is 6.27. The number of thiophene rings is 1. The van der Waals surface area contributed by atoms with Gasteiger partial charge in [0.2, 0.25) is 5.91 Å². The van der Waals surface area contributed by atoms with Crippen LogP contribution in [0.3, 0.4) is 0 Å². The summed E-state index contributed by atoms with van der Waals surface area (Å²) < 4.78 is 0. The van der Waals surface area contributed by atoms with E-state index >= 15 is 0 Å². The van der Waals surface area contributed by atoms with E-state index in [-0.39, 0.29) is 11.9 Å². The number of rotatable bonds is 3. The number of amides is 1. The number of likely N-dealkylation sites (tertiary alicyclic amines) is 1. The number of hydrogen-bond acceptors (Lipinski definition) is 3. The van der Waals surface area contributed by atoms with E-state index < -0.39 is 0 Å². The molecular formula is C11H16N2OS. The Hall–Kier alpha value is -0.870. The lowest BCUT2D eigenvalue weighted by atomic mass is 10.1. The Morgan fingerprint density at radius 3 is 2.87 bits per heavy atom. The predicted octanol–water partition coefficient (Wildman–Crippen LogP) is 1.24. The van der Waals surface area contributed by atoms with Crippen LogP contribution < -0.4 is 5.73 Å². The zero-order valence-electron chi connectivity index (χ0n) is 8.69. The standard InChI is InChI=1S/C11H16N2OS/c12-10(7-9-3-6-15-8-9)11(14)13-4-1-2-5-13/h3,6,8,10H,1-2,4-5,7,12H2. The van der Waals surface area contributed by atoms with Gasteiger partial charge in [0, 0.05) is 13.1 Å². The van der Waals surface area contributed by atoms with Crippen LogP contribution in [0, 0.1) is 0 Å². The topological polar surface area (TPSA) is 46.3 Å². The monoisotopic (exact) mass is 224 g/mol. The molecule has 0 spiro atoms. The highest BCUT2D eigenvalue weighted by atomic mass is 32.1. The van der Waals surface area contributed by atoms with Crippen LogP contribution in [0.5, 0.6) is 0 Å². The van der Waals surface area contributed by atoms with Gasteiger partial charge in [0.15, 0.2) is 0 Å². The lowest BCUT2D eigenvalue weighted by Gasteiger charge is -2.19. The van der Waals surface area contributed by atoms with Crippen molar-refractivity contribution in [3.8, 4) is 0 Å². The van der Waals surface area contributed by atoms with Gasteiger partial charge >= 0.3 is 0 Å². The highest BCUT2D eigenvalue weighted by Crippen LogP contribution is 2.12. The zero-order valence-corrected chi connectivity index (χ0v) is 9.50.